The zero-order valence-electron chi connectivity index (χ0n) is 19.2. The molecule has 0 N–H and O–H groups in total. The molecule has 0 saturated heterocycles. The molecule has 1 aromatic carbocycles. The van der Waals surface area contributed by atoms with Gasteiger partial charge in [-0.3, -0.25) is 0 Å². The summed E-state index contributed by atoms with van der Waals surface area (Å²) < 4.78 is 21.9. The number of methoxy groups -OCH3 is 2. The van der Waals surface area contributed by atoms with Crippen LogP contribution in [-0.4, -0.2) is 50.1 Å². The quantitative estimate of drug-likeness (QED) is 0.351. The maximum atomic E-state index is 9.92. The highest BCUT2D eigenvalue weighted by Crippen LogP contribution is 2.53. The van der Waals surface area contributed by atoms with E-state index in [-0.39, 0.29) is 33.8 Å². The molecule has 0 heterocycles. The Balaban J connectivity index is 3.87. The lowest BCUT2D eigenvalue weighted by atomic mass is 10.1. The van der Waals surface area contributed by atoms with Crippen LogP contribution in [0.5, 0.6) is 11.5 Å². The third-order valence-electron chi connectivity index (χ3n) is 3.43. The topological polar surface area (TPSA) is 84.5 Å². The zero-order chi connectivity index (χ0) is 22.9. The number of rotatable bonds is 10. The molecule has 166 valence electrons. The minimum absolute atomic E-state index is 0.156. The first-order chi connectivity index (χ1) is 14.0. The highest BCUT2D eigenvalue weighted by atomic mass is 32.2. The van der Waals surface area contributed by atoms with Crippen LogP contribution in [0.2, 0.25) is 0 Å². The van der Waals surface area contributed by atoms with Crippen LogP contribution in [0.15, 0.2) is 9.79 Å². The molecule has 8 heteroatoms. The summed E-state index contributed by atoms with van der Waals surface area (Å²) in [5.41, 5.74) is 0.372. The van der Waals surface area contributed by atoms with Gasteiger partial charge in [0.1, 0.15) is 36.5 Å². The van der Waals surface area contributed by atoms with Crippen LogP contribution in [0.25, 0.3) is 0 Å². The van der Waals surface area contributed by atoms with Crippen molar-refractivity contribution < 1.29 is 18.9 Å². The maximum Gasteiger partial charge on any atom is 0.153 e. The SMILES string of the molecule is COCCOc1c(C#N)c(C#N)c(OCCOC)c(SC(C)(C)C)c1SC(C)(C)C. The van der Waals surface area contributed by atoms with Crippen molar-refractivity contribution in [3.05, 3.63) is 11.1 Å². The molecule has 0 radical (unpaired) electrons. The number of nitriles is 2. The first-order valence-electron chi connectivity index (χ1n) is 9.64. The number of benzene rings is 1. The first-order valence-corrected chi connectivity index (χ1v) is 11.3. The second-order valence-electron chi connectivity index (χ2n) is 8.40. The Morgan fingerprint density at radius 3 is 1.23 bits per heavy atom. The Labute approximate surface area is 189 Å². The summed E-state index contributed by atoms with van der Waals surface area (Å²) in [6.07, 6.45) is 0. The predicted octanol–water partition coefficient (Wildman–Crippen LogP) is 5.26. The molecule has 6 nitrogen and oxygen atoms in total. The lowest BCUT2D eigenvalue weighted by Gasteiger charge is -2.28. The minimum atomic E-state index is -0.156. The highest BCUT2D eigenvalue weighted by Gasteiger charge is 2.32. The summed E-state index contributed by atoms with van der Waals surface area (Å²) in [5.74, 6) is 0.828. The van der Waals surface area contributed by atoms with Gasteiger partial charge in [-0.25, -0.2) is 0 Å². The van der Waals surface area contributed by atoms with Crippen molar-refractivity contribution in [1.82, 2.24) is 0 Å². The fourth-order valence-corrected chi connectivity index (χ4v) is 4.75. The van der Waals surface area contributed by atoms with Gasteiger partial charge < -0.3 is 18.9 Å². The summed E-state index contributed by atoms with van der Waals surface area (Å²) in [6.45, 7) is 13.9. The smallest absolute Gasteiger partial charge is 0.153 e. The summed E-state index contributed by atoms with van der Waals surface area (Å²) in [5, 5.41) is 19.8. The molecule has 0 aliphatic rings. The third kappa shape index (κ3) is 7.92. The van der Waals surface area contributed by atoms with E-state index in [1.807, 2.05) is 0 Å². The van der Waals surface area contributed by atoms with Crippen molar-refractivity contribution in [2.24, 2.45) is 0 Å². The van der Waals surface area contributed by atoms with Crippen LogP contribution in [-0.2, 0) is 9.47 Å². The van der Waals surface area contributed by atoms with Crippen molar-refractivity contribution >= 4 is 23.5 Å². The molecule has 0 saturated carbocycles. The van der Waals surface area contributed by atoms with E-state index in [9.17, 15) is 10.5 Å². The van der Waals surface area contributed by atoms with Gasteiger partial charge in [-0.05, 0) is 0 Å². The van der Waals surface area contributed by atoms with E-state index in [1.54, 1.807) is 37.7 Å². The van der Waals surface area contributed by atoms with Crippen molar-refractivity contribution in [2.45, 2.75) is 60.8 Å². The number of thioether (sulfide) groups is 2. The van der Waals surface area contributed by atoms with Gasteiger partial charge in [0.15, 0.2) is 11.5 Å². The van der Waals surface area contributed by atoms with E-state index in [2.05, 4.69) is 53.7 Å². The van der Waals surface area contributed by atoms with Crippen LogP contribution in [0.1, 0.15) is 52.7 Å². The Bertz CT molecular complexity index is 733. The van der Waals surface area contributed by atoms with Crippen molar-refractivity contribution in [1.29, 1.82) is 10.5 Å². The number of hydrogen-bond acceptors (Lipinski definition) is 8. The Kier molecular flexibility index (Phi) is 10.3. The van der Waals surface area contributed by atoms with E-state index in [0.717, 1.165) is 9.79 Å². The van der Waals surface area contributed by atoms with Gasteiger partial charge in [-0.15, -0.1) is 23.5 Å². The van der Waals surface area contributed by atoms with Crippen LogP contribution in [0, 0.1) is 22.7 Å². The Morgan fingerprint density at radius 2 is 1.00 bits per heavy atom. The Hall–Kier alpha value is -1.58. The molecule has 0 fully saturated rings. The van der Waals surface area contributed by atoms with Crippen LogP contribution in [0.3, 0.4) is 0 Å². The van der Waals surface area contributed by atoms with Crippen LogP contribution in [0.4, 0.5) is 0 Å². The van der Waals surface area contributed by atoms with Gasteiger partial charge in [-0.1, -0.05) is 41.5 Å². The molecule has 0 bridgehead atoms. The molecule has 0 atom stereocenters. The monoisotopic (exact) mass is 452 g/mol. The second-order valence-corrected chi connectivity index (χ2v) is 12.1. The average Bonchev–Trinajstić information content (AvgIpc) is 2.63. The Morgan fingerprint density at radius 1 is 0.667 bits per heavy atom. The summed E-state index contributed by atoms with van der Waals surface area (Å²) in [4.78, 5) is 1.61. The molecule has 0 aliphatic heterocycles. The van der Waals surface area contributed by atoms with Crippen molar-refractivity contribution in [3.8, 4) is 23.6 Å². The number of ether oxygens (including phenoxy) is 4. The highest BCUT2D eigenvalue weighted by molar-refractivity contribution is 8.03. The van der Waals surface area contributed by atoms with Gasteiger partial charge in [0.25, 0.3) is 0 Å². The van der Waals surface area contributed by atoms with E-state index >= 15 is 0 Å². The molecule has 1 aromatic rings. The number of hydrogen-bond donors (Lipinski definition) is 0. The molecule has 0 aromatic heterocycles. The molecular weight excluding hydrogens is 420 g/mol. The third-order valence-corrected chi connectivity index (χ3v) is 5.97. The fraction of sp³-hybridized carbons (Fsp3) is 0.636. The fourth-order valence-electron chi connectivity index (χ4n) is 2.40. The first kappa shape index (κ1) is 26.5. The lowest BCUT2D eigenvalue weighted by molar-refractivity contribution is 0.141. The van der Waals surface area contributed by atoms with Crippen molar-refractivity contribution in [3.63, 3.8) is 0 Å². The van der Waals surface area contributed by atoms with E-state index in [4.69, 9.17) is 18.9 Å². The van der Waals surface area contributed by atoms with Crippen molar-refractivity contribution in [2.75, 3.05) is 40.6 Å². The van der Waals surface area contributed by atoms with Gasteiger partial charge in [-0.2, -0.15) is 10.5 Å². The molecule has 0 amide bonds. The van der Waals surface area contributed by atoms with Gasteiger partial charge >= 0.3 is 0 Å². The summed E-state index contributed by atoms with van der Waals surface area (Å²) in [6, 6.07) is 4.33. The summed E-state index contributed by atoms with van der Waals surface area (Å²) >= 11 is 3.19. The second kappa shape index (κ2) is 11.7. The molecule has 0 aliphatic carbocycles. The van der Waals surface area contributed by atoms with Crippen LogP contribution < -0.4 is 9.47 Å². The summed E-state index contributed by atoms with van der Waals surface area (Å²) in [7, 11) is 3.18. The van der Waals surface area contributed by atoms with Gasteiger partial charge in [0, 0.05) is 23.7 Å². The normalized spacial score (nSPS) is 11.7. The largest absolute Gasteiger partial charge is 0.489 e. The average molecular weight is 453 g/mol. The standard InChI is InChI=1S/C22H32N2O4S2/c1-21(2,3)29-19-17(27-11-9-25-7)15(13-23)16(14-24)18(28-12-10-26-8)20(19)30-22(4,5)6/h9-12H2,1-8H3. The molecular formula is C22H32N2O4S2. The number of nitrogens with zero attached hydrogens (tertiary/aromatic N) is 2. The molecule has 30 heavy (non-hydrogen) atoms. The predicted molar refractivity (Wildman–Crippen MR) is 122 cm³/mol. The molecule has 1 rings (SSSR count). The molecule has 0 unspecified atom stereocenters. The zero-order valence-corrected chi connectivity index (χ0v) is 20.8. The minimum Gasteiger partial charge on any atom is -0.489 e. The van der Waals surface area contributed by atoms with Crippen LogP contribution >= 0.6 is 23.5 Å². The van der Waals surface area contributed by atoms with E-state index < -0.39 is 0 Å². The lowest BCUT2D eigenvalue weighted by Crippen LogP contribution is -2.16. The maximum absolute atomic E-state index is 9.92. The van der Waals surface area contributed by atoms with Gasteiger partial charge in [0.2, 0.25) is 0 Å². The van der Waals surface area contributed by atoms with E-state index in [0.29, 0.717) is 24.7 Å². The van der Waals surface area contributed by atoms with E-state index in [1.165, 1.54) is 0 Å². The molecule has 0 spiro atoms. The van der Waals surface area contributed by atoms with Gasteiger partial charge in [0.05, 0.1) is 23.0 Å².